The number of ether oxygens (including phenoxy) is 1. The SMILES string of the molecule is C=C1OCC(c2ccc(S(C)(=O)=O)cc2)=C1c1ccccc1. The lowest BCUT2D eigenvalue weighted by Crippen LogP contribution is -1.97. The molecule has 4 heteroatoms. The summed E-state index contributed by atoms with van der Waals surface area (Å²) >= 11 is 0. The van der Waals surface area contributed by atoms with E-state index in [0.717, 1.165) is 22.3 Å². The molecule has 0 fully saturated rings. The number of allylic oxidation sites excluding steroid dienone is 1. The molecular weight excluding hydrogens is 296 g/mol. The third-order valence-corrected chi connectivity index (χ3v) is 4.79. The van der Waals surface area contributed by atoms with Crippen molar-refractivity contribution < 1.29 is 13.2 Å². The Kier molecular flexibility index (Phi) is 3.62. The Morgan fingerprint density at radius 3 is 2.18 bits per heavy atom. The average molecular weight is 312 g/mol. The second-order valence-corrected chi connectivity index (χ2v) is 7.24. The van der Waals surface area contributed by atoms with Crippen LogP contribution in [0.25, 0.3) is 11.1 Å². The summed E-state index contributed by atoms with van der Waals surface area (Å²) in [6.07, 6.45) is 1.21. The summed E-state index contributed by atoms with van der Waals surface area (Å²) in [5.74, 6) is 0.647. The quantitative estimate of drug-likeness (QED) is 0.870. The first-order valence-electron chi connectivity index (χ1n) is 6.88. The number of hydrogen-bond acceptors (Lipinski definition) is 3. The molecule has 0 atom stereocenters. The summed E-state index contributed by atoms with van der Waals surface area (Å²) in [6, 6.07) is 16.8. The van der Waals surface area contributed by atoms with Crippen molar-refractivity contribution in [3.05, 3.63) is 78.1 Å². The van der Waals surface area contributed by atoms with Gasteiger partial charge in [-0.3, -0.25) is 0 Å². The van der Waals surface area contributed by atoms with Crippen molar-refractivity contribution in [2.75, 3.05) is 12.9 Å². The van der Waals surface area contributed by atoms with Crippen molar-refractivity contribution in [1.29, 1.82) is 0 Å². The van der Waals surface area contributed by atoms with Crippen LogP contribution in [-0.4, -0.2) is 21.3 Å². The molecule has 1 aliphatic rings. The lowest BCUT2D eigenvalue weighted by Gasteiger charge is -2.07. The maximum atomic E-state index is 11.6. The fourth-order valence-electron chi connectivity index (χ4n) is 2.54. The summed E-state index contributed by atoms with van der Waals surface area (Å²) < 4.78 is 28.7. The van der Waals surface area contributed by atoms with Crippen molar-refractivity contribution in [1.82, 2.24) is 0 Å². The lowest BCUT2D eigenvalue weighted by atomic mass is 9.96. The Balaban J connectivity index is 2.09. The van der Waals surface area contributed by atoms with Gasteiger partial charge in [0.25, 0.3) is 0 Å². The Hall–Kier alpha value is -2.33. The van der Waals surface area contributed by atoms with Crippen LogP contribution in [0, 0.1) is 0 Å². The maximum absolute atomic E-state index is 11.6. The van der Waals surface area contributed by atoms with Gasteiger partial charge in [0.2, 0.25) is 0 Å². The first-order chi connectivity index (χ1) is 10.5. The molecule has 0 spiro atoms. The zero-order valence-corrected chi connectivity index (χ0v) is 13.1. The van der Waals surface area contributed by atoms with Gasteiger partial charge < -0.3 is 4.74 Å². The van der Waals surface area contributed by atoms with Crippen LogP contribution in [0.15, 0.2) is 71.8 Å². The highest BCUT2D eigenvalue weighted by Gasteiger charge is 2.22. The molecule has 3 nitrogen and oxygen atoms in total. The van der Waals surface area contributed by atoms with Crippen molar-refractivity contribution in [3.8, 4) is 0 Å². The average Bonchev–Trinajstić information content (AvgIpc) is 2.89. The van der Waals surface area contributed by atoms with Gasteiger partial charge in [-0.15, -0.1) is 0 Å². The zero-order chi connectivity index (χ0) is 15.7. The molecule has 1 heterocycles. The van der Waals surface area contributed by atoms with Crippen molar-refractivity contribution in [2.24, 2.45) is 0 Å². The van der Waals surface area contributed by atoms with Crippen LogP contribution in [0.3, 0.4) is 0 Å². The highest BCUT2D eigenvalue weighted by Crippen LogP contribution is 2.37. The van der Waals surface area contributed by atoms with Crippen molar-refractivity contribution in [2.45, 2.75) is 4.90 Å². The molecule has 1 aliphatic heterocycles. The largest absolute Gasteiger partial charge is 0.489 e. The highest BCUT2D eigenvalue weighted by atomic mass is 32.2. The molecule has 3 rings (SSSR count). The van der Waals surface area contributed by atoms with Crippen LogP contribution in [-0.2, 0) is 14.6 Å². The monoisotopic (exact) mass is 312 g/mol. The highest BCUT2D eigenvalue weighted by molar-refractivity contribution is 7.90. The summed E-state index contributed by atoms with van der Waals surface area (Å²) in [7, 11) is -3.18. The summed E-state index contributed by atoms with van der Waals surface area (Å²) in [6.45, 7) is 4.41. The molecule has 0 saturated heterocycles. The third kappa shape index (κ3) is 2.70. The maximum Gasteiger partial charge on any atom is 0.175 e. The molecule has 0 radical (unpaired) electrons. The van der Waals surface area contributed by atoms with E-state index in [4.69, 9.17) is 4.74 Å². The first kappa shape index (κ1) is 14.6. The minimum atomic E-state index is -3.18. The van der Waals surface area contributed by atoms with Crippen LogP contribution in [0.1, 0.15) is 11.1 Å². The van der Waals surface area contributed by atoms with E-state index in [1.54, 1.807) is 12.1 Å². The summed E-state index contributed by atoms with van der Waals surface area (Å²) in [5.41, 5.74) is 4.00. The first-order valence-corrected chi connectivity index (χ1v) is 8.77. The number of sulfone groups is 1. The molecule has 2 aromatic rings. The standard InChI is InChI=1S/C18H16O3S/c1-13-18(15-6-4-3-5-7-15)17(12-21-13)14-8-10-16(11-9-14)22(2,19)20/h3-11H,1,12H2,2H3. The van der Waals surface area contributed by atoms with Gasteiger partial charge in [-0.05, 0) is 23.3 Å². The second-order valence-electron chi connectivity index (χ2n) is 5.23. The molecule has 0 bridgehead atoms. The van der Waals surface area contributed by atoms with Gasteiger partial charge in [-0.2, -0.15) is 0 Å². The third-order valence-electron chi connectivity index (χ3n) is 3.66. The van der Waals surface area contributed by atoms with E-state index in [1.807, 2.05) is 42.5 Å². The molecule has 0 N–H and O–H groups in total. The Labute approximate surface area is 130 Å². The molecule has 0 saturated carbocycles. The second kappa shape index (κ2) is 5.46. The minimum absolute atomic E-state index is 0.316. The van der Waals surface area contributed by atoms with E-state index in [2.05, 4.69) is 6.58 Å². The van der Waals surface area contributed by atoms with Gasteiger partial charge in [-0.25, -0.2) is 8.42 Å². The summed E-state index contributed by atoms with van der Waals surface area (Å²) in [4.78, 5) is 0.316. The predicted molar refractivity (Wildman–Crippen MR) is 87.9 cm³/mol. The van der Waals surface area contributed by atoms with Gasteiger partial charge in [0.1, 0.15) is 12.4 Å². The smallest absolute Gasteiger partial charge is 0.175 e. The van der Waals surface area contributed by atoms with Crippen LogP contribution in [0.5, 0.6) is 0 Å². The van der Waals surface area contributed by atoms with E-state index in [0.29, 0.717) is 17.3 Å². The Morgan fingerprint density at radius 1 is 0.955 bits per heavy atom. The van der Waals surface area contributed by atoms with E-state index in [-0.39, 0.29) is 0 Å². The summed E-state index contributed by atoms with van der Waals surface area (Å²) in [5, 5.41) is 0. The fourth-order valence-corrected chi connectivity index (χ4v) is 3.17. The van der Waals surface area contributed by atoms with E-state index >= 15 is 0 Å². The number of benzene rings is 2. The van der Waals surface area contributed by atoms with E-state index in [1.165, 1.54) is 6.26 Å². The molecular formula is C18H16O3S. The van der Waals surface area contributed by atoms with Crippen LogP contribution in [0.2, 0.25) is 0 Å². The van der Waals surface area contributed by atoms with E-state index < -0.39 is 9.84 Å². The van der Waals surface area contributed by atoms with Gasteiger partial charge in [-0.1, -0.05) is 49.0 Å². The molecule has 22 heavy (non-hydrogen) atoms. The lowest BCUT2D eigenvalue weighted by molar-refractivity contribution is 0.286. The minimum Gasteiger partial charge on any atom is -0.489 e. The van der Waals surface area contributed by atoms with Crippen LogP contribution in [0.4, 0.5) is 0 Å². The Bertz CT molecular complexity index is 845. The van der Waals surface area contributed by atoms with Gasteiger partial charge in [0.05, 0.1) is 4.90 Å². The number of rotatable bonds is 3. The molecule has 2 aromatic carbocycles. The van der Waals surface area contributed by atoms with Crippen molar-refractivity contribution in [3.63, 3.8) is 0 Å². The van der Waals surface area contributed by atoms with Crippen molar-refractivity contribution >= 4 is 21.0 Å². The fraction of sp³-hybridized carbons (Fsp3) is 0.111. The van der Waals surface area contributed by atoms with E-state index in [9.17, 15) is 8.42 Å². The topological polar surface area (TPSA) is 43.4 Å². The zero-order valence-electron chi connectivity index (χ0n) is 12.2. The molecule has 0 aliphatic carbocycles. The molecule has 0 unspecified atom stereocenters. The van der Waals surface area contributed by atoms with Crippen LogP contribution >= 0.6 is 0 Å². The Morgan fingerprint density at radius 2 is 1.59 bits per heavy atom. The molecule has 0 aromatic heterocycles. The van der Waals surface area contributed by atoms with Gasteiger partial charge >= 0.3 is 0 Å². The molecule has 0 amide bonds. The predicted octanol–water partition coefficient (Wildman–Crippen LogP) is 3.54. The van der Waals surface area contributed by atoms with Gasteiger partial charge in [0.15, 0.2) is 9.84 Å². The normalized spacial score (nSPS) is 15.0. The number of hydrogen-bond donors (Lipinski definition) is 0. The van der Waals surface area contributed by atoms with Crippen LogP contribution < -0.4 is 0 Å². The molecule has 112 valence electrons. The van der Waals surface area contributed by atoms with Gasteiger partial charge in [0, 0.05) is 17.4 Å².